The zero-order valence-electron chi connectivity index (χ0n) is 16.2. The van der Waals surface area contributed by atoms with Gasteiger partial charge in [0.15, 0.2) is 5.96 Å². The number of hydrogen-bond acceptors (Lipinski definition) is 3. The highest BCUT2D eigenvalue weighted by Gasteiger charge is 2.06. The maximum absolute atomic E-state index is 12.2. The second-order valence-corrected chi connectivity index (χ2v) is 6.79. The van der Waals surface area contributed by atoms with E-state index in [9.17, 15) is 4.79 Å². The Morgan fingerprint density at radius 2 is 1.92 bits per heavy atom. The van der Waals surface area contributed by atoms with Crippen molar-refractivity contribution in [3.8, 4) is 0 Å². The lowest BCUT2D eigenvalue weighted by Crippen LogP contribution is -2.37. The van der Waals surface area contributed by atoms with Gasteiger partial charge in [-0.2, -0.15) is 0 Å². The SMILES string of the molecule is CN=C(NCCC(C)C)NCc1cccc(C(=O)NCCN(C)C)c1. The second-order valence-electron chi connectivity index (χ2n) is 6.79. The van der Waals surface area contributed by atoms with Crippen LogP contribution in [0.15, 0.2) is 29.3 Å². The third-order valence-electron chi connectivity index (χ3n) is 3.73. The minimum absolute atomic E-state index is 0.0388. The van der Waals surface area contributed by atoms with Crippen LogP contribution in [0.1, 0.15) is 36.2 Å². The van der Waals surface area contributed by atoms with Gasteiger partial charge in [0.2, 0.25) is 0 Å². The minimum atomic E-state index is -0.0388. The van der Waals surface area contributed by atoms with E-state index in [1.165, 1.54) is 0 Å². The molecule has 0 bridgehead atoms. The van der Waals surface area contributed by atoms with Crippen LogP contribution >= 0.6 is 0 Å². The summed E-state index contributed by atoms with van der Waals surface area (Å²) in [7, 11) is 5.74. The molecule has 25 heavy (non-hydrogen) atoms. The summed E-state index contributed by atoms with van der Waals surface area (Å²) in [6, 6.07) is 7.67. The molecule has 0 radical (unpaired) electrons. The lowest BCUT2D eigenvalue weighted by atomic mass is 10.1. The number of carbonyl (C=O) groups excluding carboxylic acids is 1. The van der Waals surface area contributed by atoms with Gasteiger partial charge in [-0.25, -0.2) is 0 Å². The number of likely N-dealkylation sites (N-methyl/N-ethyl adjacent to an activating group) is 1. The maximum Gasteiger partial charge on any atom is 0.251 e. The molecule has 140 valence electrons. The zero-order valence-corrected chi connectivity index (χ0v) is 16.2. The lowest BCUT2D eigenvalue weighted by molar-refractivity contribution is 0.0951. The van der Waals surface area contributed by atoms with E-state index < -0.39 is 0 Å². The standard InChI is InChI=1S/C19H33N5O/c1-15(2)9-10-22-19(20-3)23-14-16-7-6-8-17(13-16)18(25)21-11-12-24(4)5/h6-8,13,15H,9-12,14H2,1-5H3,(H,21,25)(H2,20,22,23). The Bertz CT molecular complexity index is 555. The van der Waals surface area contributed by atoms with Gasteiger partial charge in [0.25, 0.3) is 5.91 Å². The van der Waals surface area contributed by atoms with Crippen molar-refractivity contribution in [1.29, 1.82) is 0 Å². The van der Waals surface area contributed by atoms with Crippen molar-refractivity contribution in [3.63, 3.8) is 0 Å². The molecular weight excluding hydrogens is 314 g/mol. The number of aliphatic imine (C=N–C) groups is 1. The Hall–Kier alpha value is -2.08. The van der Waals surface area contributed by atoms with Crippen LogP contribution in [0.4, 0.5) is 0 Å². The predicted molar refractivity (Wildman–Crippen MR) is 105 cm³/mol. The Morgan fingerprint density at radius 3 is 2.56 bits per heavy atom. The molecule has 6 heteroatoms. The Morgan fingerprint density at radius 1 is 1.16 bits per heavy atom. The van der Waals surface area contributed by atoms with E-state index in [1.807, 2.05) is 43.3 Å². The number of benzene rings is 1. The minimum Gasteiger partial charge on any atom is -0.356 e. The maximum atomic E-state index is 12.2. The third-order valence-corrected chi connectivity index (χ3v) is 3.73. The van der Waals surface area contributed by atoms with Crippen molar-refractivity contribution in [3.05, 3.63) is 35.4 Å². The van der Waals surface area contributed by atoms with Crippen molar-refractivity contribution in [2.75, 3.05) is 40.8 Å². The van der Waals surface area contributed by atoms with Crippen LogP contribution in [0.25, 0.3) is 0 Å². The number of carbonyl (C=O) groups is 1. The number of amides is 1. The molecular formula is C19H33N5O. The smallest absolute Gasteiger partial charge is 0.251 e. The Labute approximate surface area is 152 Å². The highest BCUT2D eigenvalue weighted by molar-refractivity contribution is 5.94. The first-order chi connectivity index (χ1) is 11.9. The first-order valence-corrected chi connectivity index (χ1v) is 8.88. The fourth-order valence-corrected chi connectivity index (χ4v) is 2.20. The quantitative estimate of drug-likeness (QED) is 0.470. The molecule has 0 fully saturated rings. The fraction of sp³-hybridized carbons (Fsp3) is 0.579. The van der Waals surface area contributed by atoms with Crippen LogP contribution in [-0.2, 0) is 6.54 Å². The number of hydrogen-bond donors (Lipinski definition) is 3. The highest BCUT2D eigenvalue weighted by Crippen LogP contribution is 2.05. The average molecular weight is 348 g/mol. The topological polar surface area (TPSA) is 68.8 Å². The molecule has 0 atom stereocenters. The molecule has 0 heterocycles. The van der Waals surface area contributed by atoms with E-state index in [2.05, 4.69) is 34.8 Å². The van der Waals surface area contributed by atoms with Crippen LogP contribution in [0, 0.1) is 5.92 Å². The van der Waals surface area contributed by atoms with Gasteiger partial charge in [-0.05, 0) is 44.1 Å². The van der Waals surface area contributed by atoms with E-state index in [1.54, 1.807) is 7.05 Å². The Kier molecular flexibility index (Phi) is 9.62. The zero-order chi connectivity index (χ0) is 18.7. The summed E-state index contributed by atoms with van der Waals surface area (Å²) in [5.41, 5.74) is 1.73. The summed E-state index contributed by atoms with van der Waals surface area (Å²) in [6.07, 6.45) is 1.10. The molecule has 3 N–H and O–H groups in total. The van der Waals surface area contributed by atoms with Gasteiger partial charge < -0.3 is 20.9 Å². The fourth-order valence-electron chi connectivity index (χ4n) is 2.20. The van der Waals surface area contributed by atoms with Gasteiger partial charge in [-0.1, -0.05) is 26.0 Å². The predicted octanol–water partition coefficient (Wildman–Crippen LogP) is 1.69. The molecule has 0 spiro atoms. The number of guanidine groups is 1. The van der Waals surface area contributed by atoms with Gasteiger partial charge >= 0.3 is 0 Å². The Balaban J connectivity index is 2.50. The van der Waals surface area contributed by atoms with Crippen molar-refractivity contribution < 1.29 is 4.79 Å². The number of rotatable bonds is 9. The first-order valence-electron chi connectivity index (χ1n) is 8.88. The van der Waals surface area contributed by atoms with Crippen LogP contribution in [-0.4, -0.2) is 57.5 Å². The highest BCUT2D eigenvalue weighted by atomic mass is 16.1. The van der Waals surface area contributed by atoms with Crippen LogP contribution in [0.2, 0.25) is 0 Å². The van der Waals surface area contributed by atoms with E-state index >= 15 is 0 Å². The molecule has 6 nitrogen and oxygen atoms in total. The van der Waals surface area contributed by atoms with E-state index in [0.717, 1.165) is 31.0 Å². The summed E-state index contributed by atoms with van der Waals surface area (Å²) < 4.78 is 0. The second kappa shape index (κ2) is 11.5. The van der Waals surface area contributed by atoms with Crippen LogP contribution < -0.4 is 16.0 Å². The summed E-state index contributed by atoms with van der Waals surface area (Å²) in [5, 5.41) is 9.52. The molecule has 1 aromatic carbocycles. The van der Waals surface area contributed by atoms with Gasteiger partial charge in [0, 0.05) is 38.8 Å². The largest absolute Gasteiger partial charge is 0.356 e. The molecule has 1 rings (SSSR count). The monoisotopic (exact) mass is 347 g/mol. The van der Waals surface area contributed by atoms with Crippen molar-refractivity contribution in [2.24, 2.45) is 10.9 Å². The van der Waals surface area contributed by atoms with Crippen molar-refractivity contribution in [1.82, 2.24) is 20.9 Å². The van der Waals surface area contributed by atoms with Gasteiger partial charge in [0.05, 0.1) is 0 Å². The molecule has 0 saturated heterocycles. The van der Waals surface area contributed by atoms with Gasteiger partial charge in [-0.15, -0.1) is 0 Å². The van der Waals surface area contributed by atoms with Gasteiger partial charge in [-0.3, -0.25) is 9.79 Å². The molecule has 0 saturated carbocycles. The van der Waals surface area contributed by atoms with E-state index in [0.29, 0.717) is 24.6 Å². The third kappa shape index (κ3) is 9.10. The summed E-state index contributed by atoms with van der Waals surface area (Å²) in [6.45, 7) is 7.39. The number of nitrogens with one attached hydrogen (secondary N) is 3. The lowest BCUT2D eigenvalue weighted by Gasteiger charge is -2.13. The van der Waals surface area contributed by atoms with Crippen LogP contribution in [0.5, 0.6) is 0 Å². The molecule has 0 aliphatic rings. The molecule has 1 aromatic rings. The molecule has 1 amide bonds. The van der Waals surface area contributed by atoms with E-state index in [-0.39, 0.29) is 5.91 Å². The number of nitrogens with zero attached hydrogens (tertiary/aromatic N) is 2. The normalized spacial score (nSPS) is 11.7. The van der Waals surface area contributed by atoms with E-state index in [4.69, 9.17) is 0 Å². The summed E-state index contributed by atoms with van der Waals surface area (Å²) >= 11 is 0. The molecule has 0 aromatic heterocycles. The summed E-state index contributed by atoms with van der Waals surface area (Å²) in [4.78, 5) is 18.5. The molecule has 0 aliphatic heterocycles. The van der Waals surface area contributed by atoms with Crippen LogP contribution in [0.3, 0.4) is 0 Å². The first kappa shape index (κ1) is 21.0. The van der Waals surface area contributed by atoms with Gasteiger partial charge in [0.1, 0.15) is 0 Å². The van der Waals surface area contributed by atoms with Crippen molar-refractivity contribution >= 4 is 11.9 Å². The molecule has 0 aliphatic carbocycles. The van der Waals surface area contributed by atoms with Crippen molar-refractivity contribution in [2.45, 2.75) is 26.8 Å². The summed E-state index contributed by atoms with van der Waals surface area (Å²) in [5.74, 6) is 1.40. The average Bonchev–Trinajstić information content (AvgIpc) is 2.57. The molecule has 0 unspecified atom stereocenters.